The number of benzene rings is 2. The van der Waals surface area contributed by atoms with E-state index in [9.17, 15) is 19.2 Å². The molecule has 1 saturated heterocycles. The number of hydrogen-bond donors (Lipinski definition) is 4. The lowest BCUT2D eigenvalue weighted by atomic mass is 10.0. The molecule has 0 spiro atoms. The molecule has 5 N–H and O–H groups in total. The van der Waals surface area contributed by atoms with Gasteiger partial charge in [0.15, 0.2) is 0 Å². The number of amides is 4. The Kier molecular flexibility index (Phi) is 15.8. The lowest BCUT2D eigenvalue weighted by Gasteiger charge is -2.33. The monoisotopic (exact) mass is 798 g/mol. The maximum Gasteiger partial charge on any atom is 0.407 e. The van der Waals surface area contributed by atoms with E-state index in [0.717, 1.165) is 16.7 Å². The number of nitrogens with zero attached hydrogens (tertiary/aromatic N) is 4. The standard InChI is InChI=1S/C39H52ClFN8O7/c1-8-22(2)49(32(50)19-43-38(52)55-6)24(4)36-46-33(34(40)47-36)29-15-11-27(12-16-29)26-9-13-28(14-10-26)30(18-42)45-35(41)31-17-25(21-54-5)20-48(31)37(51)23(3)44-39(53)56-7/h9-16,22-25,31,35H,8,17-21,42H2,1-7H3,(H,43,52)(H,44,53)(H,46,47). The fraction of sp³-hybridized carbons (Fsp3) is 0.487. The van der Waals surface area contributed by atoms with Gasteiger partial charge in [-0.3, -0.25) is 9.59 Å². The molecule has 1 aliphatic rings. The van der Waals surface area contributed by atoms with Gasteiger partial charge in [0.1, 0.15) is 29.3 Å². The van der Waals surface area contributed by atoms with Crippen molar-refractivity contribution in [3.8, 4) is 22.4 Å². The van der Waals surface area contributed by atoms with Crippen LogP contribution < -0.4 is 16.4 Å². The minimum Gasteiger partial charge on any atom is -0.453 e. The second-order valence-corrected chi connectivity index (χ2v) is 14.0. The first kappa shape index (κ1) is 43.7. The third-order valence-electron chi connectivity index (χ3n) is 9.92. The Morgan fingerprint density at radius 2 is 1.62 bits per heavy atom. The Hall–Kier alpha value is -5.06. The topological polar surface area (TPSA) is 194 Å². The molecule has 15 nitrogen and oxygen atoms in total. The number of halogens is 2. The number of aromatic nitrogens is 2. The van der Waals surface area contributed by atoms with Crippen molar-refractivity contribution in [2.24, 2.45) is 16.6 Å². The zero-order valence-electron chi connectivity index (χ0n) is 32.8. The number of likely N-dealkylation sites (tertiary alicyclic amines) is 1. The molecule has 4 rings (SSSR count). The number of carbonyl (C=O) groups is 4. The summed E-state index contributed by atoms with van der Waals surface area (Å²) < 4.78 is 30.5. The molecule has 304 valence electrons. The first-order valence-electron chi connectivity index (χ1n) is 18.4. The van der Waals surface area contributed by atoms with Gasteiger partial charge in [-0.15, -0.1) is 0 Å². The molecule has 4 amide bonds. The second-order valence-electron chi connectivity index (χ2n) is 13.6. The van der Waals surface area contributed by atoms with Gasteiger partial charge in [-0.1, -0.05) is 67.1 Å². The molecule has 17 heteroatoms. The molecule has 1 aliphatic heterocycles. The van der Waals surface area contributed by atoms with E-state index in [1.807, 2.05) is 69.3 Å². The molecule has 2 aromatic carbocycles. The molecular weight excluding hydrogens is 747 g/mol. The number of H-pyrrole nitrogens is 1. The van der Waals surface area contributed by atoms with Crippen molar-refractivity contribution in [1.29, 1.82) is 0 Å². The van der Waals surface area contributed by atoms with Crippen molar-refractivity contribution in [2.45, 2.75) is 71.0 Å². The third-order valence-corrected chi connectivity index (χ3v) is 10.2. The number of alkyl halides is 1. The van der Waals surface area contributed by atoms with E-state index in [-0.39, 0.29) is 37.5 Å². The highest BCUT2D eigenvalue weighted by molar-refractivity contribution is 6.31. The molecule has 0 bridgehead atoms. The maximum atomic E-state index is 16.0. The van der Waals surface area contributed by atoms with Crippen molar-refractivity contribution in [2.75, 3.05) is 47.6 Å². The largest absolute Gasteiger partial charge is 0.453 e. The molecule has 56 heavy (non-hydrogen) atoms. The van der Waals surface area contributed by atoms with Crippen LogP contribution in [0.15, 0.2) is 53.5 Å². The summed E-state index contributed by atoms with van der Waals surface area (Å²) in [6.07, 6.45) is -2.21. The molecule has 0 aliphatic carbocycles. The zero-order chi connectivity index (χ0) is 41.1. The second kappa shape index (κ2) is 20.2. The number of aromatic amines is 1. The summed E-state index contributed by atoms with van der Waals surface area (Å²) in [6, 6.07) is 12.6. The van der Waals surface area contributed by atoms with Crippen LogP contribution in [0.1, 0.15) is 58.0 Å². The van der Waals surface area contributed by atoms with Gasteiger partial charge in [0.2, 0.25) is 18.1 Å². The number of nitrogens with two attached hydrogens (primary N) is 1. The van der Waals surface area contributed by atoms with Gasteiger partial charge in [0.05, 0.1) is 38.6 Å². The summed E-state index contributed by atoms with van der Waals surface area (Å²) in [7, 11) is 3.98. The molecule has 1 aromatic heterocycles. The van der Waals surface area contributed by atoms with Gasteiger partial charge in [-0.05, 0) is 50.3 Å². The van der Waals surface area contributed by atoms with E-state index in [2.05, 4.69) is 30.1 Å². The van der Waals surface area contributed by atoms with Crippen LogP contribution >= 0.6 is 11.6 Å². The minimum atomic E-state index is -1.77. The average Bonchev–Trinajstić information content (AvgIpc) is 3.82. The van der Waals surface area contributed by atoms with Crippen LogP contribution in [0.2, 0.25) is 5.15 Å². The number of imidazole rings is 1. The summed E-state index contributed by atoms with van der Waals surface area (Å²) >= 11 is 6.63. The number of hydrogen-bond acceptors (Lipinski definition) is 10. The zero-order valence-corrected chi connectivity index (χ0v) is 33.6. The summed E-state index contributed by atoms with van der Waals surface area (Å²) in [5.74, 6) is -0.345. The van der Waals surface area contributed by atoms with E-state index in [4.69, 9.17) is 27.1 Å². The predicted octanol–water partition coefficient (Wildman–Crippen LogP) is 5.09. The highest BCUT2D eigenvalue weighted by atomic mass is 35.5. The summed E-state index contributed by atoms with van der Waals surface area (Å²) in [4.78, 5) is 65.0. The van der Waals surface area contributed by atoms with E-state index in [1.54, 1.807) is 12.0 Å². The van der Waals surface area contributed by atoms with Gasteiger partial charge < -0.3 is 45.4 Å². The average molecular weight is 799 g/mol. The lowest BCUT2D eigenvalue weighted by molar-refractivity contribution is -0.135. The Morgan fingerprint density at radius 3 is 2.20 bits per heavy atom. The number of aliphatic imine (C=N–C) groups is 1. The van der Waals surface area contributed by atoms with Crippen LogP contribution in [0.4, 0.5) is 14.0 Å². The Balaban J connectivity index is 1.49. The predicted molar refractivity (Wildman–Crippen MR) is 211 cm³/mol. The van der Waals surface area contributed by atoms with Gasteiger partial charge >= 0.3 is 12.2 Å². The van der Waals surface area contributed by atoms with E-state index in [1.165, 1.54) is 26.0 Å². The molecule has 6 atom stereocenters. The lowest BCUT2D eigenvalue weighted by Crippen LogP contribution is -2.50. The fourth-order valence-electron chi connectivity index (χ4n) is 6.77. The number of ether oxygens (including phenoxy) is 3. The number of methoxy groups -OCH3 is 3. The van der Waals surface area contributed by atoms with E-state index in [0.29, 0.717) is 47.4 Å². The van der Waals surface area contributed by atoms with Crippen molar-refractivity contribution in [3.63, 3.8) is 0 Å². The number of rotatable bonds is 16. The summed E-state index contributed by atoms with van der Waals surface area (Å²) in [5, 5.41) is 5.21. The van der Waals surface area contributed by atoms with E-state index >= 15 is 4.39 Å². The SMILES string of the molecule is CCC(C)N(C(=O)CNC(=O)OC)C(C)c1nc(-c2ccc(-c3ccc(C(CN)=NC(F)C4CC(COC)CN4C(=O)C(C)NC(=O)OC)cc3)cc2)c(Cl)[nH]1. The first-order chi connectivity index (χ1) is 26.8. The van der Waals surface area contributed by atoms with Gasteiger partial charge in [0, 0.05) is 37.7 Å². The van der Waals surface area contributed by atoms with Crippen molar-refractivity contribution in [1.82, 2.24) is 30.4 Å². The highest BCUT2D eigenvalue weighted by Gasteiger charge is 2.42. The van der Waals surface area contributed by atoms with Crippen LogP contribution in [0, 0.1) is 5.92 Å². The fourth-order valence-corrected chi connectivity index (χ4v) is 7.02. The van der Waals surface area contributed by atoms with Crippen LogP contribution in [-0.2, 0) is 23.8 Å². The molecule has 3 aromatic rings. The molecule has 1 fully saturated rings. The third kappa shape index (κ3) is 10.6. The summed E-state index contributed by atoms with van der Waals surface area (Å²) in [6.45, 7) is 7.60. The Bertz CT molecular complexity index is 1840. The van der Waals surface area contributed by atoms with E-state index < -0.39 is 42.5 Å². The normalized spacial score (nSPS) is 17.8. The molecule has 6 unspecified atom stereocenters. The Morgan fingerprint density at radius 1 is 1.02 bits per heavy atom. The van der Waals surface area contributed by atoms with Crippen LogP contribution in [0.5, 0.6) is 0 Å². The maximum absolute atomic E-state index is 16.0. The smallest absolute Gasteiger partial charge is 0.407 e. The minimum absolute atomic E-state index is 0.0321. The highest BCUT2D eigenvalue weighted by Crippen LogP contribution is 2.33. The molecular formula is C39H52ClFN8O7. The van der Waals surface area contributed by atoms with Crippen molar-refractivity contribution >= 4 is 41.3 Å². The quantitative estimate of drug-likeness (QED) is 0.113. The number of carbonyl (C=O) groups excluding carboxylic acids is 4. The first-order valence-corrected chi connectivity index (χ1v) is 18.8. The van der Waals surface area contributed by atoms with Crippen molar-refractivity contribution < 1.29 is 37.8 Å². The molecule has 0 radical (unpaired) electrons. The number of nitrogens with one attached hydrogen (secondary N) is 3. The number of alkyl carbamates (subject to hydrolysis) is 2. The van der Waals surface area contributed by atoms with Gasteiger partial charge in [-0.2, -0.15) is 0 Å². The summed E-state index contributed by atoms with van der Waals surface area (Å²) in [5.41, 5.74) is 10.1. The van der Waals surface area contributed by atoms with Crippen LogP contribution in [0.25, 0.3) is 22.4 Å². The Labute approximate surface area is 331 Å². The van der Waals surface area contributed by atoms with Crippen molar-refractivity contribution in [3.05, 3.63) is 65.1 Å². The van der Waals surface area contributed by atoms with Gasteiger partial charge in [0.25, 0.3) is 0 Å². The molecule has 2 heterocycles. The van der Waals surface area contributed by atoms with Crippen LogP contribution in [0.3, 0.4) is 0 Å². The molecule has 0 saturated carbocycles. The van der Waals surface area contributed by atoms with Gasteiger partial charge in [-0.25, -0.2) is 24.0 Å². The van der Waals surface area contributed by atoms with Crippen LogP contribution in [-0.4, -0.2) is 121 Å².